The highest BCUT2D eigenvalue weighted by Gasteiger charge is 2.21. The maximum absolute atomic E-state index is 11.9. The molecule has 0 spiro atoms. The number of hydrogen-bond acceptors (Lipinski definition) is 5. The monoisotopic (exact) mass is 340 g/mol. The molecule has 0 bridgehead atoms. The number of piperidine rings is 1. The molecule has 2 heterocycles. The second kappa shape index (κ2) is 8.46. The summed E-state index contributed by atoms with van der Waals surface area (Å²) in [7, 11) is 0. The number of hydrogen-bond donors (Lipinski definition) is 1. The van der Waals surface area contributed by atoms with Crippen molar-refractivity contribution >= 4 is 11.9 Å². The largest absolute Gasteiger partial charge is 0.484 e. The highest BCUT2D eigenvalue weighted by atomic mass is 16.5. The van der Waals surface area contributed by atoms with Crippen LogP contribution in [0, 0.1) is 12.8 Å². The fourth-order valence-electron chi connectivity index (χ4n) is 2.88. The quantitative estimate of drug-likeness (QED) is 0.873. The summed E-state index contributed by atoms with van der Waals surface area (Å²) >= 11 is 0. The third kappa shape index (κ3) is 5.17. The SMILES string of the molecule is Cc1ccc(OCC(=O)NCC2CCN(c3ncccn3)CC2)cc1. The Morgan fingerprint density at radius 2 is 1.88 bits per heavy atom. The molecule has 1 aliphatic rings. The number of amides is 1. The van der Waals surface area contributed by atoms with E-state index in [-0.39, 0.29) is 12.5 Å². The van der Waals surface area contributed by atoms with Crippen LogP contribution in [0.4, 0.5) is 5.95 Å². The summed E-state index contributed by atoms with van der Waals surface area (Å²) in [6.45, 7) is 4.61. The van der Waals surface area contributed by atoms with E-state index in [9.17, 15) is 4.79 Å². The van der Waals surface area contributed by atoms with Crippen molar-refractivity contribution in [3.8, 4) is 5.75 Å². The lowest BCUT2D eigenvalue weighted by Crippen LogP contribution is -2.40. The number of aromatic nitrogens is 2. The Hall–Kier alpha value is -2.63. The molecule has 2 aromatic rings. The van der Waals surface area contributed by atoms with Crippen LogP contribution in [0.25, 0.3) is 0 Å². The van der Waals surface area contributed by atoms with Gasteiger partial charge in [-0.2, -0.15) is 0 Å². The fourth-order valence-corrected chi connectivity index (χ4v) is 2.88. The summed E-state index contributed by atoms with van der Waals surface area (Å²) in [4.78, 5) is 22.7. The molecular weight excluding hydrogens is 316 g/mol. The fraction of sp³-hybridized carbons (Fsp3) is 0.421. The van der Waals surface area contributed by atoms with Crippen LogP contribution in [0.15, 0.2) is 42.7 Å². The Labute approximate surface area is 148 Å². The van der Waals surface area contributed by atoms with Gasteiger partial charge in [-0.05, 0) is 43.9 Å². The number of carbonyl (C=O) groups is 1. The molecule has 1 aliphatic heterocycles. The van der Waals surface area contributed by atoms with Gasteiger partial charge in [0.2, 0.25) is 5.95 Å². The van der Waals surface area contributed by atoms with Gasteiger partial charge in [-0.1, -0.05) is 17.7 Å². The van der Waals surface area contributed by atoms with Gasteiger partial charge < -0.3 is 15.0 Å². The molecule has 0 aliphatic carbocycles. The molecule has 0 atom stereocenters. The van der Waals surface area contributed by atoms with Gasteiger partial charge in [0.1, 0.15) is 5.75 Å². The lowest BCUT2D eigenvalue weighted by molar-refractivity contribution is -0.123. The first-order chi connectivity index (χ1) is 12.2. The molecule has 1 aromatic carbocycles. The van der Waals surface area contributed by atoms with Crippen molar-refractivity contribution in [1.82, 2.24) is 15.3 Å². The molecule has 6 heteroatoms. The Bertz CT molecular complexity index is 668. The van der Waals surface area contributed by atoms with Crippen LogP contribution >= 0.6 is 0 Å². The highest BCUT2D eigenvalue weighted by molar-refractivity contribution is 5.77. The van der Waals surface area contributed by atoms with Gasteiger partial charge in [-0.25, -0.2) is 9.97 Å². The minimum Gasteiger partial charge on any atom is -0.484 e. The van der Waals surface area contributed by atoms with Crippen LogP contribution in [0.2, 0.25) is 0 Å². The van der Waals surface area contributed by atoms with E-state index < -0.39 is 0 Å². The molecule has 132 valence electrons. The molecule has 25 heavy (non-hydrogen) atoms. The highest BCUT2D eigenvalue weighted by Crippen LogP contribution is 2.19. The van der Waals surface area contributed by atoms with Gasteiger partial charge in [0.25, 0.3) is 5.91 Å². The predicted octanol–water partition coefficient (Wildman–Crippen LogP) is 2.20. The van der Waals surface area contributed by atoms with Crippen LogP contribution in [-0.2, 0) is 4.79 Å². The Morgan fingerprint density at radius 1 is 1.20 bits per heavy atom. The van der Waals surface area contributed by atoms with Crippen LogP contribution in [-0.4, -0.2) is 42.1 Å². The minimum absolute atomic E-state index is 0.0553. The molecule has 1 amide bonds. The summed E-state index contributed by atoms with van der Waals surface area (Å²) < 4.78 is 5.50. The third-order valence-corrected chi connectivity index (χ3v) is 4.43. The number of nitrogens with zero attached hydrogens (tertiary/aromatic N) is 3. The molecular formula is C19H24N4O2. The topological polar surface area (TPSA) is 67.3 Å². The standard InChI is InChI=1S/C19H24N4O2/c1-15-3-5-17(6-4-15)25-14-18(24)22-13-16-7-11-23(12-8-16)19-20-9-2-10-21-19/h2-6,9-10,16H,7-8,11-14H2,1H3,(H,22,24). The zero-order valence-corrected chi connectivity index (χ0v) is 14.5. The molecule has 0 saturated carbocycles. The van der Waals surface area contributed by atoms with E-state index in [1.807, 2.05) is 37.3 Å². The van der Waals surface area contributed by atoms with Crippen molar-refractivity contribution in [3.05, 3.63) is 48.3 Å². The van der Waals surface area contributed by atoms with E-state index >= 15 is 0 Å². The van der Waals surface area contributed by atoms with E-state index in [2.05, 4.69) is 20.2 Å². The van der Waals surface area contributed by atoms with Gasteiger partial charge in [0.05, 0.1) is 0 Å². The lowest BCUT2D eigenvalue weighted by Gasteiger charge is -2.31. The second-order valence-corrected chi connectivity index (χ2v) is 6.39. The summed E-state index contributed by atoms with van der Waals surface area (Å²) in [5.41, 5.74) is 1.17. The number of anilines is 1. The van der Waals surface area contributed by atoms with E-state index in [0.717, 1.165) is 37.6 Å². The first-order valence-corrected chi connectivity index (χ1v) is 8.69. The van der Waals surface area contributed by atoms with Crippen molar-refractivity contribution in [2.45, 2.75) is 19.8 Å². The van der Waals surface area contributed by atoms with E-state index in [1.165, 1.54) is 5.56 Å². The molecule has 1 N–H and O–H groups in total. The summed E-state index contributed by atoms with van der Waals surface area (Å²) in [5, 5.41) is 2.97. The van der Waals surface area contributed by atoms with Crippen molar-refractivity contribution in [3.63, 3.8) is 0 Å². The third-order valence-electron chi connectivity index (χ3n) is 4.43. The van der Waals surface area contributed by atoms with Gasteiger partial charge in [0, 0.05) is 32.0 Å². The number of aryl methyl sites for hydroxylation is 1. The molecule has 1 aromatic heterocycles. The van der Waals surface area contributed by atoms with Gasteiger partial charge in [-0.3, -0.25) is 4.79 Å². The number of carbonyl (C=O) groups excluding carboxylic acids is 1. The average molecular weight is 340 g/mol. The van der Waals surface area contributed by atoms with E-state index in [1.54, 1.807) is 12.4 Å². The molecule has 0 radical (unpaired) electrons. The van der Waals surface area contributed by atoms with E-state index in [4.69, 9.17) is 4.74 Å². The van der Waals surface area contributed by atoms with Crippen LogP contribution in [0.3, 0.4) is 0 Å². The predicted molar refractivity (Wildman–Crippen MR) is 96.7 cm³/mol. The first kappa shape index (κ1) is 17.2. The Kier molecular flexibility index (Phi) is 5.82. The summed E-state index contributed by atoms with van der Waals surface area (Å²) in [6.07, 6.45) is 5.58. The molecule has 1 fully saturated rings. The molecule has 3 rings (SSSR count). The van der Waals surface area contributed by atoms with Gasteiger partial charge in [-0.15, -0.1) is 0 Å². The van der Waals surface area contributed by atoms with Crippen molar-refractivity contribution < 1.29 is 9.53 Å². The average Bonchev–Trinajstić information content (AvgIpc) is 2.67. The maximum Gasteiger partial charge on any atom is 0.257 e. The zero-order chi connectivity index (χ0) is 17.5. The van der Waals surface area contributed by atoms with Crippen molar-refractivity contribution in [2.75, 3.05) is 31.1 Å². The maximum atomic E-state index is 11.9. The van der Waals surface area contributed by atoms with Crippen LogP contribution < -0.4 is 15.0 Å². The van der Waals surface area contributed by atoms with Crippen molar-refractivity contribution in [2.24, 2.45) is 5.92 Å². The molecule has 0 unspecified atom stereocenters. The van der Waals surface area contributed by atoms with Crippen LogP contribution in [0.5, 0.6) is 5.75 Å². The lowest BCUT2D eigenvalue weighted by atomic mass is 9.97. The Morgan fingerprint density at radius 3 is 2.56 bits per heavy atom. The second-order valence-electron chi connectivity index (χ2n) is 6.39. The first-order valence-electron chi connectivity index (χ1n) is 8.69. The van der Waals surface area contributed by atoms with Crippen molar-refractivity contribution in [1.29, 1.82) is 0 Å². The zero-order valence-electron chi connectivity index (χ0n) is 14.5. The Balaban J connectivity index is 1.35. The van der Waals surface area contributed by atoms with E-state index in [0.29, 0.717) is 12.5 Å². The number of nitrogens with one attached hydrogen (secondary N) is 1. The number of ether oxygens (including phenoxy) is 1. The van der Waals surface area contributed by atoms with Gasteiger partial charge >= 0.3 is 0 Å². The smallest absolute Gasteiger partial charge is 0.257 e. The van der Waals surface area contributed by atoms with Gasteiger partial charge in [0.15, 0.2) is 6.61 Å². The summed E-state index contributed by atoms with van der Waals surface area (Å²) in [5.74, 6) is 1.92. The normalized spacial score (nSPS) is 15.0. The molecule has 1 saturated heterocycles. The number of rotatable bonds is 6. The summed E-state index contributed by atoms with van der Waals surface area (Å²) in [6, 6.07) is 9.52. The van der Waals surface area contributed by atoms with Crippen LogP contribution in [0.1, 0.15) is 18.4 Å². The number of benzene rings is 1. The minimum atomic E-state index is -0.0746. The molecule has 6 nitrogen and oxygen atoms in total.